The summed E-state index contributed by atoms with van der Waals surface area (Å²) in [7, 11) is 0. The maximum absolute atomic E-state index is 12.4. The molecule has 3 atom stereocenters. The van der Waals surface area contributed by atoms with Gasteiger partial charge in [-0.25, -0.2) is 0 Å². The lowest BCUT2D eigenvalue weighted by Crippen LogP contribution is -2.49. The maximum atomic E-state index is 12.4. The van der Waals surface area contributed by atoms with E-state index >= 15 is 0 Å². The molecule has 49 heavy (non-hydrogen) atoms. The van der Waals surface area contributed by atoms with Crippen molar-refractivity contribution in [2.75, 3.05) is 6.61 Å². The molecule has 0 radical (unpaired) electrons. The van der Waals surface area contributed by atoms with Crippen LogP contribution in [0.15, 0.2) is 12.2 Å². The van der Waals surface area contributed by atoms with E-state index in [1.165, 1.54) is 173 Å². The topological polar surface area (TPSA) is 89.8 Å². The van der Waals surface area contributed by atoms with Crippen LogP contribution in [0.3, 0.4) is 0 Å². The minimum absolute atomic E-state index is 0.317. The summed E-state index contributed by atoms with van der Waals surface area (Å²) in [6, 6.07) is -0.716. The third kappa shape index (κ3) is 35.3. The smallest absolute Gasteiger partial charge is 0.249 e. The minimum Gasteiger partial charge on any atom is -0.394 e. The molecule has 4 N–H and O–H groups in total. The quantitative estimate of drug-likeness (QED) is 0.0380. The Balaban J connectivity index is 3.57. The summed E-state index contributed by atoms with van der Waals surface area (Å²) in [5, 5.41) is 33.2. The Labute approximate surface area is 306 Å². The number of carbonyl (C=O) groups excluding carboxylic acids is 1. The highest BCUT2D eigenvalue weighted by Gasteiger charge is 2.23. The molecule has 0 fully saturated rings. The average Bonchev–Trinajstić information content (AvgIpc) is 3.11. The Bertz CT molecular complexity index is 684. The Morgan fingerprint density at radius 2 is 0.776 bits per heavy atom. The number of rotatable bonds is 40. The van der Waals surface area contributed by atoms with Crippen LogP contribution < -0.4 is 5.32 Å². The Kier molecular flexibility index (Phi) is 39.1. The second kappa shape index (κ2) is 39.9. The Hall–Kier alpha value is -0.910. The zero-order valence-corrected chi connectivity index (χ0v) is 33.1. The molecule has 0 aromatic heterocycles. The Morgan fingerprint density at radius 3 is 1.14 bits per heavy atom. The van der Waals surface area contributed by atoms with Crippen LogP contribution in [0.4, 0.5) is 0 Å². The number of amides is 1. The van der Waals surface area contributed by atoms with E-state index < -0.39 is 24.2 Å². The number of hydrogen-bond donors (Lipinski definition) is 4. The highest BCUT2D eigenvalue weighted by Crippen LogP contribution is 2.16. The van der Waals surface area contributed by atoms with E-state index in [1.807, 2.05) is 0 Å². The van der Waals surface area contributed by atoms with Gasteiger partial charge < -0.3 is 20.6 Å². The molecule has 0 saturated carbocycles. The third-order valence-corrected chi connectivity index (χ3v) is 10.4. The van der Waals surface area contributed by atoms with E-state index in [0.29, 0.717) is 12.8 Å². The van der Waals surface area contributed by atoms with Gasteiger partial charge in [0.25, 0.3) is 0 Å². The maximum Gasteiger partial charge on any atom is 0.249 e. The molecule has 0 aromatic carbocycles. The van der Waals surface area contributed by atoms with Gasteiger partial charge in [-0.05, 0) is 38.5 Å². The summed E-state index contributed by atoms with van der Waals surface area (Å²) < 4.78 is 0. The van der Waals surface area contributed by atoms with E-state index in [4.69, 9.17) is 0 Å². The molecule has 0 heterocycles. The van der Waals surface area contributed by atoms with Gasteiger partial charge in [0.1, 0.15) is 6.10 Å². The predicted molar refractivity (Wildman–Crippen MR) is 213 cm³/mol. The normalized spacial score (nSPS) is 13.7. The van der Waals surface area contributed by atoms with Crippen molar-refractivity contribution in [1.29, 1.82) is 0 Å². The molecule has 0 aromatic rings. The highest BCUT2D eigenvalue weighted by molar-refractivity contribution is 5.80. The molecule has 0 spiro atoms. The fourth-order valence-corrected chi connectivity index (χ4v) is 6.89. The summed E-state index contributed by atoms with van der Waals surface area (Å²) in [6.45, 7) is 4.22. The lowest BCUT2D eigenvalue weighted by Gasteiger charge is -2.23. The molecule has 0 aliphatic heterocycles. The largest absolute Gasteiger partial charge is 0.394 e. The summed E-state index contributed by atoms with van der Waals surface area (Å²) in [4.78, 5) is 12.4. The molecule has 5 heteroatoms. The highest BCUT2D eigenvalue weighted by atomic mass is 16.3. The first-order valence-electron chi connectivity index (χ1n) is 22.0. The van der Waals surface area contributed by atoms with Crippen molar-refractivity contribution in [2.24, 2.45) is 0 Å². The molecule has 0 aliphatic carbocycles. The van der Waals surface area contributed by atoms with Crippen molar-refractivity contribution in [2.45, 2.75) is 257 Å². The van der Waals surface area contributed by atoms with Crippen molar-refractivity contribution >= 4 is 5.91 Å². The van der Waals surface area contributed by atoms with E-state index in [0.717, 1.165) is 38.5 Å². The fraction of sp³-hybridized carbons (Fsp3) is 0.932. The average molecular weight is 694 g/mol. The van der Waals surface area contributed by atoms with Crippen LogP contribution in [0.25, 0.3) is 0 Å². The van der Waals surface area contributed by atoms with Gasteiger partial charge in [0.05, 0.1) is 18.8 Å². The molecule has 5 nitrogen and oxygen atoms in total. The van der Waals surface area contributed by atoms with Crippen LogP contribution in [0, 0.1) is 0 Å². The van der Waals surface area contributed by atoms with Gasteiger partial charge in [-0.15, -0.1) is 0 Å². The standard InChI is InChI=1S/C44H87NO4/c1-3-5-7-9-11-13-15-17-18-19-20-21-22-23-24-25-26-27-29-30-32-34-36-38-42(47)41(40-46)45-44(49)43(48)39-37-35-33-31-28-16-14-12-10-8-6-4-2/h28,31,41-43,46-48H,3-27,29-30,32-40H2,1-2H3,(H,45,49)/b31-28-. The third-order valence-electron chi connectivity index (χ3n) is 10.4. The van der Waals surface area contributed by atoms with Gasteiger partial charge in [-0.3, -0.25) is 4.79 Å². The van der Waals surface area contributed by atoms with E-state index in [-0.39, 0.29) is 6.61 Å². The summed E-state index contributed by atoms with van der Waals surface area (Å²) in [5.74, 6) is -0.485. The number of carbonyl (C=O) groups is 1. The van der Waals surface area contributed by atoms with Crippen LogP contribution in [0.2, 0.25) is 0 Å². The van der Waals surface area contributed by atoms with Crippen LogP contribution in [0.1, 0.15) is 239 Å². The lowest BCUT2D eigenvalue weighted by atomic mass is 10.0. The first-order valence-corrected chi connectivity index (χ1v) is 22.0. The second-order valence-electron chi connectivity index (χ2n) is 15.3. The van der Waals surface area contributed by atoms with E-state index in [2.05, 4.69) is 31.3 Å². The van der Waals surface area contributed by atoms with Crippen molar-refractivity contribution in [3.63, 3.8) is 0 Å². The first kappa shape index (κ1) is 48.1. The number of allylic oxidation sites excluding steroid dienone is 2. The van der Waals surface area contributed by atoms with Gasteiger partial charge in [0.15, 0.2) is 0 Å². The van der Waals surface area contributed by atoms with Gasteiger partial charge in [-0.1, -0.05) is 212 Å². The zero-order chi connectivity index (χ0) is 35.9. The molecule has 0 rings (SSSR count). The monoisotopic (exact) mass is 694 g/mol. The lowest BCUT2D eigenvalue weighted by molar-refractivity contribution is -0.131. The first-order chi connectivity index (χ1) is 24.1. The zero-order valence-electron chi connectivity index (χ0n) is 33.1. The van der Waals surface area contributed by atoms with Crippen LogP contribution in [-0.4, -0.2) is 46.1 Å². The van der Waals surface area contributed by atoms with Gasteiger partial charge in [-0.2, -0.15) is 0 Å². The van der Waals surface area contributed by atoms with Gasteiger partial charge in [0, 0.05) is 0 Å². The number of nitrogens with one attached hydrogen (secondary N) is 1. The fourth-order valence-electron chi connectivity index (χ4n) is 6.89. The van der Waals surface area contributed by atoms with E-state index in [9.17, 15) is 20.1 Å². The molecule has 0 aliphatic rings. The van der Waals surface area contributed by atoms with Crippen molar-refractivity contribution in [3.05, 3.63) is 12.2 Å². The second-order valence-corrected chi connectivity index (χ2v) is 15.3. The van der Waals surface area contributed by atoms with Crippen LogP contribution in [0.5, 0.6) is 0 Å². The number of aliphatic hydroxyl groups is 3. The van der Waals surface area contributed by atoms with Crippen molar-refractivity contribution in [1.82, 2.24) is 5.32 Å². The van der Waals surface area contributed by atoms with Gasteiger partial charge in [0.2, 0.25) is 5.91 Å². The Morgan fingerprint density at radius 1 is 0.469 bits per heavy atom. The minimum atomic E-state index is -1.09. The molecule has 292 valence electrons. The number of hydrogen-bond acceptors (Lipinski definition) is 4. The van der Waals surface area contributed by atoms with E-state index in [1.54, 1.807) is 0 Å². The van der Waals surface area contributed by atoms with Crippen molar-refractivity contribution < 1.29 is 20.1 Å². The number of unbranched alkanes of at least 4 members (excludes halogenated alkanes) is 30. The molecule has 1 amide bonds. The molecule has 0 bridgehead atoms. The van der Waals surface area contributed by atoms with Crippen molar-refractivity contribution in [3.8, 4) is 0 Å². The molecule has 0 saturated heterocycles. The number of aliphatic hydroxyl groups excluding tert-OH is 3. The van der Waals surface area contributed by atoms with Crippen LogP contribution >= 0.6 is 0 Å². The summed E-state index contributed by atoms with van der Waals surface area (Å²) in [5.41, 5.74) is 0. The molecule has 3 unspecified atom stereocenters. The SMILES string of the molecule is CCCCCCCC/C=C\CCCCC(O)C(=O)NC(CO)C(O)CCCCCCCCCCCCCCCCCCCCCCCCC. The summed E-state index contributed by atoms with van der Waals surface area (Å²) in [6.07, 6.45) is 46.5. The predicted octanol–water partition coefficient (Wildman–Crippen LogP) is 12.4. The molecular formula is C44H87NO4. The summed E-state index contributed by atoms with van der Waals surface area (Å²) >= 11 is 0. The van der Waals surface area contributed by atoms with Gasteiger partial charge >= 0.3 is 0 Å². The molecular weight excluding hydrogens is 606 g/mol. The van der Waals surface area contributed by atoms with Crippen LogP contribution in [-0.2, 0) is 4.79 Å².